The Balaban J connectivity index is 1.43. The third-order valence-corrected chi connectivity index (χ3v) is 6.34. The second kappa shape index (κ2) is 7.45. The van der Waals surface area contributed by atoms with E-state index in [0.717, 1.165) is 47.4 Å². The number of nitrogens with zero attached hydrogens (tertiary/aromatic N) is 4. The fourth-order valence-electron chi connectivity index (χ4n) is 4.05. The number of hydrogen-bond acceptors (Lipinski definition) is 5. The van der Waals surface area contributed by atoms with Gasteiger partial charge in [0.15, 0.2) is 0 Å². The second-order valence-corrected chi connectivity index (χ2v) is 8.73. The Morgan fingerprint density at radius 2 is 1.73 bits per heavy atom. The number of imidazole rings is 1. The van der Waals surface area contributed by atoms with Crippen LogP contribution in [0, 0.1) is 5.41 Å². The zero-order chi connectivity index (χ0) is 20.8. The predicted molar refractivity (Wildman–Crippen MR) is 125 cm³/mol. The summed E-state index contributed by atoms with van der Waals surface area (Å²) in [5.41, 5.74) is 4.23. The van der Waals surface area contributed by atoms with E-state index in [1.54, 1.807) is 4.90 Å². The summed E-state index contributed by atoms with van der Waals surface area (Å²) >= 11 is 3.43. The SMILES string of the molecule is CN1CCN(c2ccc3nc(C4=C(O)CN(c5ccc(Br)cc5)C4=N)[nH]c3c2)CC1. The number of fused-ring (bicyclic) bond motifs is 1. The number of rotatable bonds is 3. The van der Waals surface area contributed by atoms with Crippen LogP contribution in [0.15, 0.2) is 52.7 Å². The molecule has 2 aliphatic rings. The van der Waals surface area contributed by atoms with Gasteiger partial charge in [-0.05, 0) is 49.5 Å². The van der Waals surface area contributed by atoms with Crippen LogP contribution in [0.2, 0.25) is 0 Å². The molecule has 0 unspecified atom stereocenters. The average Bonchev–Trinajstić information content (AvgIpc) is 3.28. The summed E-state index contributed by atoms with van der Waals surface area (Å²) in [6.45, 7) is 4.37. The molecule has 0 spiro atoms. The van der Waals surface area contributed by atoms with E-state index in [9.17, 15) is 5.11 Å². The standard InChI is InChI=1S/C22H23BrN6O/c1-27-8-10-28(11-9-27)16-6-7-17-18(12-16)26-22(25-17)20-19(30)13-29(21(20)24)15-4-2-14(23)3-5-15/h2-7,12,24,30H,8-11,13H2,1H3,(H,25,26). The van der Waals surface area contributed by atoms with Crippen LogP contribution < -0.4 is 9.80 Å². The van der Waals surface area contributed by atoms with Crippen molar-refractivity contribution < 1.29 is 5.11 Å². The molecule has 3 N–H and O–H groups in total. The average molecular weight is 467 g/mol. The van der Waals surface area contributed by atoms with Gasteiger partial charge >= 0.3 is 0 Å². The molecule has 0 bridgehead atoms. The number of anilines is 2. The summed E-state index contributed by atoms with van der Waals surface area (Å²) in [4.78, 5) is 14.5. The Bertz CT molecular complexity index is 1140. The summed E-state index contributed by atoms with van der Waals surface area (Å²) in [5.74, 6) is 0.928. The van der Waals surface area contributed by atoms with Crippen molar-refractivity contribution in [2.24, 2.45) is 0 Å². The molecule has 0 amide bonds. The van der Waals surface area contributed by atoms with Crippen molar-refractivity contribution in [3.05, 3.63) is 58.5 Å². The van der Waals surface area contributed by atoms with Crippen LogP contribution in [-0.4, -0.2) is 65.6 Å². The number of H-pyrrole nitrogens is 1. The Morgan fingerprint density at radius 1 is 1.03 bits per heavy atom. The maximum atomic E-state index is 10.6. The first kappa shape index (κ1) is 19.1. The Hall–Kier alpha value is -2.84. The lowest BCUT2D eigenvalue weighted by atomic mass is 10.2. The first-order valence-electron chi connectivity index (χ1n) is 9.97. The summed E-state index contributed by atoms with van der Waals surface area (Å²) < 4.78 is 0.975. The summed E-state index contributed by atoms with van der Waals surface area (Å²) in [7, 11) is 2.15. The third-order valence-electron chi connectivity index (χ3n) is 5.81. The number of aromatic amines is 1. The number of halogens is 1. The molecule has 7 nitrogen and oxygen atoms in total. The van der Waals surface area contributed by atoms with Gasteiger partial charge in [0.1, 0.15) is 17.4 Å². The van der Waals surface area contributed by atoms with Crippen LogP contribution in [0.3, 0.4) is 0 Å². The lowest BCUT2D eigenvalue weighted by Crippen LogP contribution is -2.44. The number of aliphatic hydroxyl groups excluding tert-OH is 1. The van der Waals surface area contributed by atoms with Gasteiger partial charge in [-0.3, -0.25) is 5.41 Å². The van der Waals surface area contributed by atoms with Crippen molar-refractivity contribution >= 4 is 49.7 Å². The molecule has 0 radical (unpaired) electrons. The monoisotopic (exact) mass is 466 g/mol. The zero-order valence-corrected chi connectivity index (χ0v) is 18.3. The van der Waals surface area contributed by atoms with Crippen molar-refractivity contribution in [3.8, 4) is 0 Å². The van der Waals surface area contributed by atoms with Gasteiger partial charge in [-0.15, -0.1) is 0 Å². The molecule has 3 aromatic rings. The van der Waals surface area contributed by atoms with Gasteiger partial charge < -0.3 is 24.8 Å². The number of amidine groups is 1. The van der Waals surface area contributed by atoms with Crippen LogP contribution in [0.5, 0.6) is 0 Å². The third kappa shape index (κ3) is 3.36. The molecular weight excluding hydrogens is 444 g/mol. The molecule has 0 atom stereocenters. The topological polar surface area (TPSA) is 82.5 Å². The van der Waals surface area contributed by atoms with E-state index >= 15 is 0 Å². The first-order chi connectivity index (χ1) is 14.5. The smallest absolute Gasteiger partial charge is 0.145 e. The fourth-order valence-corrected chi connectivity index (χ4v) is 4.31. The molecule has 0 saturated carbocycles. The highest BCUT2D eigenvalue weighted by Gasteiger charge is 2.31. The number of benzene rings is 2. The highest BCUT2D eigenvalue weighted by atomic mass is 79.9. The maximum absolute atomic E-state index is 10.6. The largest absolute Gasteiger partial charge is 0.509 e. The molecule has 1 saturated heterocycles. The van der Waals surface area contributed by atoms with E-state index in [1.165, 1.54) is 5.69 Å². The summed E-state index contributed by atoms with van der Waals surface area (Å²) in [6, 6.07) is 13.9. The normalized spacial score (nSPS) is 18.1. The van der Waals surface area contributed by atoms with Gasteiger partial charge in [0, 0.05) is 42.0 Å². The maximum Gasteiger partial charge on any atom is 0.145 e. The molecule has 8 heteroatoms. The van der Waals surface area contributed by atoms with E-state index in [0.29, 0.717) is 11.4 Å². The number of aliphatic hydroxyl groups is 1. The molecule has 154 valence electrons. The predicted octanol–water partition coefficient (Wildman–Crippen LogP) is 3.84. The van der Waals surface area contributed by atoms with Crippen molar-refractivity contribution in [3.63, 3.8) is 0 Å². The number of piperazine rings is 1. The molecule has 1 fully saturated rings. The fraction of sp³-hybridized carbons (Fsp3) is 0.273. The number of aromatic nitrogens is 2. The lowest BCUT2D eigenvalue weighted by Gasteiger charge is -2.34. The van der Waals surface area contributed by atoms with Gasteiger partial charge in [-0.1, -0.05) is 15.9 Å². The van der Waals surface area contributed by atoms with Gasteiger partial charge in [-0.2, -0.15) is 0 Å². The first-order valence-corrected chi connectivity index (χ1v) is 10.8. The van der Waals surface area contributed by atoms with E-state index in [1.807, 2.05) is 30.3 Å². The molecule has 1 aromatic heterocycles. The molecule has 5 rings (SSSR count). The van der Waals surface area contributed by atoms with Crippen LogP contribution in [0.25, 0.3) is 16.6 Å². The van der Waals surface area contributed by atoms with Gasteiger partial charge in [0.05, 0.1) is 23.2 Å². The van der Waals surface area contributed by atoms with Crippen molar-refractivity contribution in [2.75, 3.05) is 49.6 Å². The van der Waals surface area contributed by atoms with Crippen LogP contribution in [-0.2, 0) is 0 Å². The Kier molecular flexibility index (Phi) is 4.75. The number of likely N-dealkylation sites (N-methyl/N-ethyl adjacent to an activating group) is 1. The van der Waals surface area contributed by atoms with Crippen molar-refractivity contribution in [1.82, 2.24) is 14.9 Å². The lowest BCUT2D eigenvalue weighted by molar-refractivity contribution is 0.313. The molecule has 30 heavy (non-hydrogen) atoms. The van der Waals surface area contributed by atoms with Gasteiger partial charge in [-0.25, -0.2) is 4.98 Å². The minimum absolute atomic E-state index is 0.154. The van der Waals surface area contributed by atoms with Crippen LogP contribution in [0.1, 0.15) is 5.82 Å². The highest BCUT2D eigenvalue weighted by molar-refractivity contribution is 9.10. The zero-order valence-electron chi connectivity index (χ0n) is 16.7. The molecule has 2 aliphatic heterocycles. The van der Waals surface area contributed by atoms with Gasteiger partial charge in [0.25, 0.3) is 0 Å². The number of hydrogen-bond donors (Lipinski definition) is 3. The van der Waals surface area contributed by atoms with Crippen LogP contribution in [0.4, 0.5) is 11.4 Å². The Labute approximate surface area is 183 Å². The van der Waals surface area contributed by atoms with E-state index in [2.05, 4.69) is 54.9 Å². The highest BCUT2D eigenvalue weighted by Crippen LogP contribution is 2.32. The molecular formula is C22H23BrN6O. The van der Waals surface area contributed by atoms with Crippen LogP contribution >= 0.6 is 15.9 Å². The minimum Gasteiger partial charge on any atom is -0.509 e. The number of nitrogens with one attached hydrogen (secondary N) is 2. The van der Waals surface area contributed by atoms with Gasteiger partial charge in [0.2, 0.25) is 0 Å². The summed E-state index contributed by atoms with van der Waals surface area (Å²) in [6.07, 6.45) is 0. The minimum atomic E-state index is 0.154. The molecule has 2 aromatic carbocycles. The molecule has 0 aliphatic carbocycles. The quantitative estimate of drug-likeness (QED) is 0.546. The summed E-state index contributed by atoms with van der Waals surface area (Å²) in [5, 5.41) is 19.3. The van der Waals surface area contributed by atoms with Crippen molar-refractivity contribution in [1.29, 1.82) is 5.41 Å². The van der Waals surface area contributed by atoms with E-state index in [4.69, 9.17) is 5.41 Å². The van der Waals surface area contributed by atoms with Crippen molar-refractivity contribution in [2.45, 2.75) is 0 Å². The van der Waals surface area contributed by atoms with E-state index in [-0.39, 0.29) is 18.1 Å². The Morgan fingerprint density at radius 3 is 2.47 bits per heavy atom. The molecule has 3 heterocycles. The van der Waals surface area contributed by atoms with E-state index < -0.39 is 0 Å². The second-order valence-electron chi connectivity index (χ2n) is 7.81.